The van der Waals surface area contributed by atoms with Crippen LogP contribution in [0.3, 0.4) is 0 Å². The fraction of sp³-hybridized carbons (Fsp3) is 0.500. The molecule has 2 aliphatic rings. The lowest BCUT2D eigenvalue weighted by Crippen LogP contribution is -2.33. The second kappa shape index (κ2) is 10.8. The van der Waals surface area contributed by atoms with Crippen LogP contribution in [-0.2, 0) is 10.8 Å². The Labute approximate surface area is 220 Å². The van der Waals surface area contributed by atoms with Gasteiger partial charge in [0.05, 0.1) is 5.41 Å². The van der Waals surface area contributed by atoms with E-state index in [1.54, 1.807) is 0 Å². The average Bonchev–Trinajstić information content (AvgIpc) is 3.20. The van der Waals surface area contributed by atoms with Gasteiger partial charge in [0.1, 0.15) is 7.05 Å². The summed E-state index contributed by atoms with van der Waals surface area (Å²) in [7, 11) is 2.20. The zero-order chi connectivity index (χ0) is 25.9. The van der Waals surface area contributed by atoms with Crippen LogP contribution in [0.1, 0.15) is 97.6 Å². The maximum atomic E-state index is 2.63. The van der Waals surface area contributed by atoms with E-state index in [2.05, 4.69) is 125 Å². The number of hydrogen-bond donors (Lipinski definition) is 0. The summed E-state index contributed by atoms with van der Waals surface area (Å²) in [6.45, 7) is 14.2. The Morgan fingerprint density at radius 3 is 2.19 bits per heavy atom. The number of hydrogen-bond acceptors (Lipinski definition) is 1. The van der Waals surface area contributed by atoms with Crippen molar-refractivity contribution in [2.45, 2.75) is 103 Å². The summed E-state index contributed by atoms with van der Waals surface area (Å²) in [4.78, 5) is 2.63. The molecule has 4 rings (SSSR count). The smallest absolute Gasteiger partial charge is 0.209 e. The van der Waals surface area contributed by atoms with Gasteiger partial charge in [-0.2, -0.15) is 4.58 Å². The molecule has 2 aromatic carbocycles. The Hall–Kier alpha value is -2.61. The fourth-order valence-corrected chi connectivity index (χ4v) is 6.43. The molecule has 192 valence electrons. The number of nitrogens with zero attached hydrogens (tertiary/aromatic N) is 2. The van der Waals surface area contributed by atoms with Crippen molar-refractivity contribution < 1.29 is 4.58 Å². The van der Waals surface area contributed by atoms with Gasteiger partial charge in [-0.1, -0.05) is 102 Å². The quantitative estimate of drug-likeness (QED) is 0.241. The van der Waals surface area contributed by atoms with Gasteiger partial charge in [-0.25, -0.2) is 0 Å². The number of allylic oxidation sites excluding steroid dienone is 4. The van der Waals surface area contributed by atoms with Crippen molar-refractivity contribution in [2.24, 2.45) is 0 Å². The molecule has 1 unspecified atom stereocenters. The van der Waals surface area contributed by atoms with Crippen LogP contribution < -0.4 is 4.90 Å². The zero-order valence-electron chi connectivity index (χ0n) is 23.8. The Balaban J connectivity index is 1.60. The highest BCUT2D eigenvalue weighted by molar-refractivity contribution is 6.03. The minimum atomic E-state index is -0.0129. The molecule has 0 bridgehead atoms. The van der Waals surface area contributed by atoms with Gasteiger partial charge in [-0.15, -0.1) is 0 Å². The van der Waals surface area contributed by atoms with E-state index < -0.39 is 0 Å². The Bertz CT molecular complexity index is 1160. The van der Waals surface area contributed by atoms with Gasteiger partial charge in [-0.3, -0.25) is 0 Å². The van der Waals surface area contributed by atoms with Crippen LogP contribution in [0.15, 0.2) is 72.5 Å². The third-order valence-corrected chi connectivity index (χ3v) is 8.60. The Morgan fingerprint density at radius 1 is 0.833 bits per heavy atom. The lowest BCUT2D eigenvalue weighted by atomic mass is 9.81. The van der Waals surface area contributed by atoms with Crippen LogP contribution >= 0.6 is 0 Å². The van der Waals surface area contributed by atoms with Gasteiger partial charge < -0.3 is 4.90 Å². The lowest BCUT2D eigenvalue weighted by molar-refractivity contribution is -0.401. The minimum absolute atomic E-state index is 0.000732. The molecule has 0 amide bonds. The number of benzene rings is 2. The number of unbranched alkanes of at least 4 members (excludes halogenated alkanes) is 5. The SMILES string of the molecule is CCCCCCCCC(C)N1C(=CC=CC2=[N+](C)c3ccccc3C2(C)C)C(C)(C)c2ccccc21. The molecule has 2 heteroatoms. The van der Waals surface area contributed by atoms with Crippen molar-refractivity contribution in [3.8, 4) is 0 Å². The summed E-state index contributed by atoms with van der Waals surface area (Å²) in [5.41, 5.74) is 8.30. The van der Waals surface area contributed by atoms with Crippen LogP contribution in [0.25, 0.3) is 0 Å². The lowest BCUT2D eigenvalue weighted by Gasteiger charge is -2.32. The third-order valence-electron chi connectivity index (χ3n) is 8.60. The first-order valence-electron chi connectivity index (χ1n) is 14.2. The molecule has 36 heavy (non-hydrogen) atoms. The number of para-hydroxylation sites is 2. The van der Waals surface area contributed by atoms with Crippen LogP contribution in [0.5, 0.6) is 0 Å². The molecule has 0 N–H and O–H groups in total. The van der Waals surface area contributed by atoms with E-state index in [0.717, 1.165) is 0 Å². The van der Waals surface area contributed by atoms with E-state index in [1.807, 2.05) is 0 Å². The van der Waals surface area contributed by atoms with Crippen LogP contribution in [0, 0.1) is 0 Å². The molecule has 1 atom stereocenters. The monoisotopic (exact) mass is 483 g/mol. The summed E-state index contributed by atoms with van der Waals surface area (Å²) in [5, 5.41) is 0. The van der Waals surface area contributed by atoms with E-state index in [1.165, 1.54) is 78.9 Å². The topological polar surface area (TPSA) is 6.25 Å². The number of rotatable bonds is 10. The Kier molecular flexibility index (Phi) is 7.93. The molecule has 0 fully saturated rings. The van der Waals surface area contributed by atoms with Crippen LogP contribution in [0.4, 0.5) is 11.4 Å². The van der Waals surface area contributed by atoms with E-state index in [4.69, 9.17) is 0 Å². The first-order chi connectivity index (χ1) is 17.2. The van der Waals surface area contributed by atoms with E-state index in [0.29, 0.717) is 6.04 Å². The highest BCUT2D eigenvalue weighted by Gasteiger charge is 2.43. The largest absolute Gasteiger partial charge is 0.341 e. The van der Waals surface area contributed by atoms with Crippen molar-refractivity contribution in [3.63, 3.8) is 0 Å². The number of anilines is 1. The predicted octanol–water partition coefficient (Wildman–Crippen LogP) is 9.07. The second-order valence-corrected chi connectivity index (χ2v) is 11.9. The molecule has 2 nitrogen and oxygen atoms in total. The van der Waals surface area contributed by atoms with Crippen molar-refractivity contribution in [2.75, 3.05) is 11.9 Å². The third kappa shape index (κ3) is 4.84. The van der Waals surface area contributed by atoms with Gasteiger partial charge in [0, 0.05) is 40.5 Å². The highest BCUT2D eigenvalue weighted by atomic mass is 15.2. The standard InChI is InChI=1S/C34H47N2/c1-8-9-10-11-12-13-19-26(2)36-30-23-17-15-21-28(30)34(5,6)32(36)25-18-24-31-33(3,4)27-20-14-16-22-29(27)35(31)7/h14-18,20-26H,8-13,19H2,1-7H3/q+1. The molecule has 0 aromatic heterocycles. The predicted molar refractivity (Wildman–Crippen MR) is 157 cm³/mol. The molecule has 0 saturated heterocycles. The van der Waals surface area contributed by atoms with Gasteiger partial charge in [0.2, 0.25) is 5.69 Å². The van der Waals surface area contributed by atoms with E-state index in [9.17, 15) is 0 Å². The summed E-state index contributed by atoms with van der Waals surface area (Å²) in [5.74, 6) is 0. The zero-order valence-corrected chi connectivity index (χ0v) is 23.8. The molecule has 2 aliphatic heterocycles. The number of fused-ring (bicyclic) bond motifs is 2. The Morgan fingerprint density at radius 2 is 1.47 bits per heavy atom. The van der Waals surface area contributed by atoms with Crippen molar-refractivity contribution in [3.05, 3.63) is 83.6 Å². The van der Waals surface area contributed by atoms with E-state index >= 15 is 0 Å². The second-order valence-electron chi connectivity index (χ2n) is 11.9. The minimum Gasteiger partial charge on any atom is -0.341 e. The maximum Gasteiger partial charge on any atom is 0.209 e. The molecular weight excluding hydrogens is 436 g/mol. The first-order valence-corrected chi connectivity index (χ1v) is 14.2. The summed E-state index contributed by atoms with van der Waals surface area (Å²) < 4.78 is 2.36. The van der Waals surface area contributed by atoms with Crippen molar-refractivity contribution in [1.82, 2.24) is 0 Å². The van der Waals surface area contributed by atoms with Crippen molar-refractivity contribution >= 4 is 17.1 Å². The van der Waals surface area contributed by atoms with Crippen molar-refractivity contribution in [1.29, 1.82) is 0 Å². The first kappa shape index (κ1) is 26.5. The van der Waals surface area contributed by atoms with Crippen LogP contribution in [-0.4, -0.2) is 23.4 Å². The fourth-order valence-electron chi connectivity index (χ4n) is 6.43. The normalized spacial score (nSPS) is 19.9. The molecule has 0 spiro atoms. The summed E-state index contributed by atoms with van der Waals surface area (Å²) in [6, 6.07) is 18.3. The molecular formula is C34H47N2+. The van der Waals surface area contributed by atoms with Gasteiger partial charge >= 0.3 is 0 Å². The van der Waals surface area contributed by atoms with Gasteiger partial charge in [0.15, 0.2) is 5.71 Å². The van der Waals surface area contributed by atoms with Gasteiger partial charge in [0.25, 0.3) is 0 Å². The highest BCUT2D eigenvalue weighted by Crippen LogP contribution is 2.49. The molecule has 0 radical (unpaired) electrons. The summed E-state index contributed by atoms with van der Waals surface area (Å²) in [6.07, 6.45) is 16.4. The average molecular weight is 484 g/mol. The van der Waals surface area contributed by atoms with E-state index in [-0.39, 0.29) is 10.8 Å². The van der Waals surface area contributed by atoms with Gasteiger partial charge in [-0.05, 0) is 44.9 Å². The maximum absolute atomic E-state index is 2.63. The molecule has 0 saturated carbocycles. The molecule has 2 aromatic rings. The van der Waals surface area contributed by atoms with Crippen LogP contribution in [0.2, 0.25) is 0 Å². The summed E-state index contributed by atoms with van der Waals surface area (Å²) >= 11 is 0. The molecule has 0 aliphatic carbocycles. The molecule has 2 heterocycles.